The lowest BCUT2D eigenvalue weighted by atomic mass is 10.1. The molecule has 0 aromatic heterocycles. The number of sulfone groups is 1. The summed E-state index contributed by atoms with van der Waals surface area (Å²) in [6, 6.07) is 13.8. The van der Waals surface area contributed by atoms with Crippen LogP contribution < -0.4 is 5.73 Å². The molecule has 1 atom stereocenters. The third kappa shape index (κ3) is 4.00. The molecule has 6 heteroatoms. The molecule has 2 aromatic carbocycles. The third-order valence-corrected chi connectivity index (χ3v) is 5.64. The van der Waals surface area contributed by atoms with Crippen LogP contribution in [0, 0.1) is 0 Å². The van der Waals surface area contributed by atoms with Crippen molar-refractivity contribution in [2.45, 2.75) is 22.1 Å². The fourth-order valence-electron chi connectivity index (χ4n) is 1.96. The second kappa shape index (κ2) is 6.51. The normalized spacial score (nSPS) is 13.0. The summed E-state index contributed by atoms with van der Waals surface area (Å²) in [5, 5.41) is 0. The first kappa shape index (κ1) is 15.9. The summed E-state index contributed by atoms with van der Waals surface area (Å²) >= 11 is 0. The van der Waals surface area contributed by atoms with Gasteiger partial charge in [0.15, 0.2) is 9.84 Å². The average molecular weight is 323 g/mol. The Bertz CT molecular complexity index is 753. The highest BCUT2D eigenvalue weighted by Gasteiger charge is 2.11. The molecule has 112 valence electrons. The van der Waals surface area contributed by atoms with Gasteiger partial charge in [-0.3, -0.25) is 4.21 Å². The van der Waals surface area contributed by atoms with Crippen LogP contribution in [0.25, 0.3) is 0 Å². The molecule has 0 spiro atoms. The van der Waals surface area contributed by atoms with Gasteiger partial charge in [0.2, 0.25) is 0 Å². The molecule has 4 nitrogen and oxygen atoms in total. The lowest BCUT2D eigenvalue weighted by molar-refractivity contribution is 0.601. The zero-order valence-electron chi connectivity index (χ0n) is 11.7. The molecule has 2 aromatic rings. The Morgan fingerprint density at radius 1 is 1.00 bits per heavy atom. The van der Waals surface area contributed by atoms with Crippen molar-refractivity contribution in [1.29, 1.82) is 0 Å². The minimum Gasteiger partial charge on any atom is -0.326 e. The fourth-order valence-corrected chi connectivity index (χ4v) is 3.76. The molecule has 2 rings (SSSR count). The first-order valence-corrected chi connectivity index (χ1v) is 9.58. The van der Waals surface area contributed by atoms with E-state index in [1.54, 1.807) is 12.1 Å². The zero-order valence-corrected chi connectivity index (χ0v) is 13.3. The molecule has 0 amide bonds. The van der Waals surface area contributed by atoms with E-state index in [0.717, 1.165) is 17.4 Å². The molecule has 2 N–H and O–H groups in total. The molecule has 0 fully saturated rings. The van der Waals surface area contributed by atoms with Gasteiger partial charge in [-0.2, -0.15) is 0 Å². The summed E-state index contributed by atoms with van der Waals surface area (Å²) in [7, 11) is -4.46. The van der Waals surface area contributed by atoms with Crippen LogP contribution in [0.5, 0.6) is 0 Å². The monoisotopic (exact) mass is 323 g/mol. The van der Waals surface area contributed by atoms with Gasteiger partial charge in [-0.15, -0.1) is 0 Å². The van der Waals surface area contributed by atoms with Crippen LogP contribution >= 0.6 is 0 Å². The molecule has 1 unspecified atom stereocenters. The summed E-state index contributed by atoms with van der Waals surface area (Å²) in [5.41, 5.74) is 7.59. The minimum absolute atomic E-state index is 0.227. The van der Waals surface area contributed by atoms with Crippen molar-refractivity contribution in [3.05, 3.63) is 59.7 Å². The quantitative estimate of drug-likeness (QED) is 0.911. The lowest BCUT2D eigenvalue weighted by Crippen LogP contribution is -2.04. The predicted octanol–water partition coefficient (Wildman–Crippen LogP) is 1.86. The van der Waals surface area contributed by atoms with Crippen molar-refractivity contribution in [1.82, 2.24) is 0 Å². The molecule has 21 heavy (non-hydrogen) atoms. The molecule has 0 aliphatic carbocycles. The van der Waals surface area contributed by atoms with Gasteiger partial charge in [-0.05, 0) is 35.4 Å². The number of benzene rings is 2. The SMILES string of the molecule is CS(=O)(=O)c1ccc(S(=O)Cc2ccccc2CN)cc1. The summed E-state index contributed by atoms with van der Waals surface area (Å²) in [4.78, 5) is 0.833. The second-order valence-corrected chi connectivity index (χ2v) is 8.17. The van der Waals surface area contributed by atoms with Gasteiger partial charge in [0.1, 0.15) is 0 Å². The number of hydrogen-bond acceptors (Lipinski definition) is 4. The van der Waals surface area contributed by atoms with Crippen molar-refractivity contribution in [3.63, 3.8) is 0 Å². The topological polar surface area (TPSA) is 77.2 Å². The maximum Gasteiger partial charge on any atom is 0.175 e. The third-order valence-electron chi connectivity index (χ3n) is 3.14. The summed E-state index contributed by atoms with van der Waals surface area (Å²) in [6.07, 6.45) is 1.15. The molecule has 0 bridgehead atoms. The smallest absolute Gasteiger partial charge is 0.175 e. The maximum atomic E-state index is 12.4. The predicted molar refractivity (Wildman–Crippen MR) is 84.0 cm³/mol. The molecule has 0 saturated carbocycles. The van der Waals surface area contributed by atoms with Crippen LogP contribution in [0.1, 0.15) is 11.1 Å². The maximum absolute atomic E-state index is 12.4. The van der Waals surface area contributed by atoms with Crippen LogP contribution in [0.15, 0.2) is 58.3 Å². The van der Waals surface area contributed by atoms with Crippen molar-refractivity contribution in [2.24, 2.45) is 5.73 Å². The number of rotatable bonds is 5. The number of nitrogens with two attached hydrogens (primary N) is 1. The van der Waals surface area contributed by atoms with Crippen LogP contribution in [-0.4, -0.2) is 18.9 Å². The Labute approximate surface area is 127 Å². The van der Waals surface area contributed by atoms with Crippen molar-refractivity contribution in [2.75, 3.05) is 6.26 Å². The van der Waals surface area contributed by atoms with Gasteiger partial charge >= 0.3 is 0 Å². The molecular formula is C15H17NO3S2. The first-order valence-electron chi connectivity index (χ1n) is 6.37. The Kier molecular flexibility index (Phi) is 4.92. The molecule has 0 radical (unpaired) electrons. The van der Waals surface area contributed by atoms with E-state index in [0.29, 0.717) is 17.2 Å². The van der Waals surface area contributed by atoms with Crippen LogP contribution in [-0.2, 0) is 32.9 Å². The largest absolute Gasteiger partial charge is 0.326 e. The van der Waals surface area contributed by atoms with Crippen LogP contribution in [0.2, 0.25) is 0 Å². The van der Waals surface area contributed by atoms with Gasteiger partial charge in [0, 0.05) is 17.7 Å². The van der Waals surface area contributed by atoms with E-state index in [4.69, 9.17) is 5.73 Å². The van der Waals surface area contributed by atoms with Gasteiger partial charge in [-0.25, -0.2) is 8.42 Å². The summed E-state index contributed by atoms with van der Waals surface area (Å²) in [6.45, 7) is 0.403. The highest BCUT2D eigenvalue weighted by molar-refractivity contribution is 7.90. The van der Waals surface area contributed by atoms with E-state index >= 15 is 0 Å². The van der Waals surface area contributed by atoms with Gasteiger partial charge < -0.3 is 5.73 Å². The van der Waals surface area contributed by atoms with Crippen molar-refractivity contribution >= 4 is 20.6 Å². The number of hydrogen-bond donors (Lipinski definition) is 1. The molecule has 0 aliphatic heterocycles. The van der Waals surface area contributed by atoms with Crippen LogP contribution in [0.4, 0.5) is 0 Å². The highest BCUT2D eigenvalue weighted by atomic mass is 32.2. The average Bonchev–Trinajstić information content (AvgIpc) is 2.47. The van der Waals surface area contributed by atoms with E-state index in [9.17, 15) is 12.6 Å². The first-order chi connectivity index (χ1) is 9.91. The van der Waals surface area contributed by atoms with Crippen molar-refractivity contribution < 1.29 is 12.6 Å². The minimum atomic E-state index is -3.23. The summed E-state index contributed by atoms with van der Waals surface area (Å²) < 4.78 is 35.2. The Hall–Kier alpha value is -1.50. The Balaban J connectivity index is 2.21. The molecule has 0 heterocycles. The van der Waals surface area contributed by atoms with E-state index in [2.05, 4.69) is 0 Å². The van der Waals surface area contributed by atoms with Crippen LogP contribution in [0.3, 0.4) is 0 Å². The van der Waals surface area contributed by atoms with Gasteiger partial charge in [0.25, 0.3) is 0 Å². The fraction of sp³-hybridized carbons (Fsp3) is 0.200. The zero-order chi connectivity index (χ0) is 15.5. The second-order valence-electron chi connectivity index (χ2n) is 4.71. The van der Waals surface area contributed by atoms with Gasteiger partial charge in [0.05, 0.1) is 21.4 Å². The Morgan fingerprint density at radius 2 is 1.57 bits per heavy atom. The van der Waals surface area contributed by atoms with Gasteiger partial charge in [-0.1, -0.05) is 24.3 Å². The highest BCUT2D eigenvalue weighted by Crippen LogP contribution is 2.18. The van der Waals surface area contributed by atoms with Crippen molar-refractivity contribution in [3.8, 4) is 0 Å². The lowest BCUT2D eigenvalue weighted by Gasteiger charge is -2.08. The molecule has 0 aliphatic rings. The molecular weight excluding hydrogens is 306 g/mol. The van der Waals surface area contributed by atoms with E-state index in [-0.39, 0.29) is 4.90 Å². The van der Waals surface area contributed by atoms with E-state index in [1.165, 1.54) is 12.1 Å². The van der Waals surface area contributed by atoms with E-state index in [1.807, 2.05) is 24.3 Å². The molecule has 0 saturated heterocycles. The Morgan fingerprint density at radius 3 is 2.10 bits per heavy atom. The standard InChI is InChI=1S/C15H17NO3S2/c1-21(18,19)15-8-6-14(7-9-15)20(17)11-13-5-3-2-4-12(13)10-16/h2-9H,10-11,16H2,1H3. The van der Waals surface area contributed by atoms with E-state index < -0.39 is 20.6 Å². The summed E-state index contributed by atoms with van der Waals surface area (Å²) in [5.74, 6) is 0.367.